The molecule has 2 N–H and O–H groups in total. The highest BCUT2D eigenvalue weighted by Gasteiger charge is 2.41. The molecule has 2 heteroatoms. The van der Waals surface area contributed by atoms with Crippen molar-refractivity contribution in [2.24, 2.45) is 11.8 Å². The molecule has 1 aliphatic carbocycles. The molecular formula is C30H36O2. The van der Waals surface area contributed by atoms with E-state index in [4.69, 9.17) is 0 Å². The number of aliphatic hydroxyl groups is 2. The van der Waals surface area contributed by atoms with Gasteiger partial charge in [-0.3, -0.25) is 0 Å². The van der Waals surface area contributed by atoms with Gasteiger partial charge in [-0.05, 0) is 54.7 Å². The number of benzene rings is 3. The van der Waals surface area contributed by atoms with Gasteiger partial charge < -0.3 is 10.2 Å². The fourth-order valence-corrected chi connectivity index (χ4v) is 5.45. The van der Waals surface area contributed by atoms with Gasteiger partial charge in [0.1, 0.15) is 5.60 Å². The number of hydrogen-bond acceptors (Lipinski definition) is 2. The lowest BCUT2D eigenvalue weighted by Crippen LogP contribution is -2.38. The summed E-state index contributed by atoms with van der Waals surface area (Å²) < 4.78 is 0. The molecule has 0 aliphatic heterocycles. The molecule has 168 valence electrons. The molecule has 1 atom stereocenters. The van der Waals surface area contributed by atoms with Gasteiger partial charge in [0, 0.05) is 0 Å². The van der Waals surface area contributed by atoms with E-state index >= 15 is 0 Å². The molecule has 32 heavy (non-hydrogen) atoms. The van der Waals surface area contributed by atoms with Crippen molar-refractivity contribution in [3.05, 3.63) is 107 Å². The minimum atomic E-state index is -0.935. The zero-order valence-corrected chi connectivity index (χ0v) is 19.2. The van der Waals surface area contributed by atoms with Gasteiger partial charge in [0.25, 0.3) is 0 Å². The van der Waals surface area contributed by atoms with Gasteiger partial charge in [0.2, 0.25) is 0 Å². The molecule has 1 unspecified atom stereocenters. The van der Waals surface area contributed by atoms with Crippen LogP contribution in [0.5, 0.6) is 0 Å². The van der Waals surface area contributed by atoms with Gasteiger partial charge in [-0.15, -0.1) is 0 Å². The molecule has 1 aliphatic rings. The Balaban J connectivity index is 1.35. The summed E-state index contributed by atoms with van der Waals surface area (Å²) in [5, 5.41) is 22.5. The molecule has 0 radical (unpaired) electrons. The summed E-state index contributed by atoms with van der Waals surface area (Å²) in [5.74, 6) is 0.911. The topological polar surface area (TPSA) is 40.5 Å². The lowest BCUT2D eigenvalue weighted by Gasteiger charge is -2.41. The van der Waals surface area contributed by atoms with Crippen molar-refractivity contribution in [2.45, 2.75) is 63.6 Å². The van der Waals surface area contributed by atoms with Crippen molar-refractivity contribution in [1.29, 1.82) is 0 Å². The lowest BCUT2D eigenvalue weighted by molar-refractivity contribution is -0.00829. The molecular weight excluding hydrogens is 392 g/mol. The summed E-state index contributed by atoms with van der Waals surface area (Å²) in [7, 11) is 0. The molecule has 3 aromatic carbocycles. The highest BCUT2D eigenvalue weighted by molar-refractivity contribution is 5.37. The van der Waals surface area contributed by atoms with E-state index in [2.05, 4.69) is 43.3 Å². The van der Waals surface area contributed by atoms with Gasteiger partial charge in [-0.1, -0.05) is 116 Å². The third kappa shape index (κ3) is 5.14. The minimum Gasteiger partial charge on any atom is -0.388 e. The van der Waals surface area contributed by atoms with E-state index in [0.29, 0.717) is 5.92 Å². The van der Waals surface area contributed by atoms with Crippen LogP contribution in [0.15, 0.2) is 84.9 Å². The van der Waals surface area contributed by atoms with E-state index in [1.807, 2.05) is 48.5 Å². The van der Waals surface area contributed by atoms with Gasteiger partial charge in [0.15, 0.2) is 0 Å². The smallest absolute Gasteiger partial charge is 0.117 e. The molecule has 0 saturated heterocycles. The van der Waals surface area contributed by atoms with E-state index in [0.717, 1.165) is 61.6 Å². The van der Waals surface area contributed by atoms with Gasteiger partial charge in [0.05, 0.1) is 6.10 Å². The van der Waals surface area contributed by atoms with Gasteiger partial charge in [-0.2, -0.15) is 0 Å². The first-order chi connectivity index (χ1) is 15.6. The van der Waals surface area contributed by atoms with Gasteiger partial charge >= 0.3 is 0 Å². The van der Waals surface area contributed by atoms with Crippen LogP contribution in [0.4, 0.5) is 0 Å². The maximum Gasteiger partial charge on any atom is 0.117 e. The monoisotopic (exact) mass is 428 g/mol. The number of hydrogen-bond donors (Lipinski definition) is 2. The molecule has 1 fully saturated rings. The number of aryl methyl sites for hydroxylation is 1. The summed E-state index contributed by atoms with van der Waals surface area (Å²) in [6.45, 7) is 2.07. The van der Waals surface area contributed by atoms with Crippen molar-refractivity contribution < 1.29 is 10.2 Å². The molecule has 0 bridgehead atoms. The maximum absolute atomic E-state index is 12.0. The van der Waals surface area contributed by atoms with Crippen LogP contribution < -0.4 is 0 Å². The lowest BCUT2D eigenvalue weighted by atomic mass is 9.67. The van der Waals surface area contributed by atoms with E-state index in [-0.39, 0.29) is 12.0 Å². The summed E-state index contributed by atoms with van der Waals surface area (Å²) in [6.07, 6.45) is 7.02. The largest absolute Gasteiger partial charge is 0.388 e. The van der Waals surface area contributed by atoms with E-state index < -0.39 is 5.60 Å². The Labute approximate surface area is 193 Å². The van der Waals surface area contributed by atoms with Crippen LogP contribution in [0.2, 0.25) is 0 Å². The van der Waals surface area contributed by atoms with E-state index in [1.54, 1.807) is 0 Å². The fraction of sp³-hybridized carbons (Fsp3) is 0.400. The summed E-state index contributed by atoms with van der Waals surface area (Å²) in [5.41, 5.74) is 3.31. The zero-order chi connectivity index (χ0) is 22.4. The quantitative estimate of drug-likeness (QED) is 0.408. The molecule has 4 rings (SSSR count). The average Bonchev–Trinajstić information content (AvgIpc) is 2.85. The van der Waals surface area contributed by atoms with E-state index in [9.17, 15) is 10.2 Å². The Morgan fingerprint density at radius 3 is 1.84 bits per heavy atom. The standard InChI is InChI=1S/C30H36O2/c1-23-15-19-25(20-16-23)29(31)14-8-9-24-17-21-28(22-18-24)30(32,26-10-4-2-5-11-26)27-12-6-3-7-13-27/h2-7,10-13,15-16,19-20,24,28-29,31-32H,8-9,14,17-18,21-22H2,1H3. The highest BCUT2D eigenvalue weighted by atomic mass is 16.3. The SMILES string of the molecule is Cc1ccc(C(O)CCCC2CCC(C(O)(c3ccccc3)c3ccccc3)CC2)cc1. The fourth-order valence-electron chi connectivity index (χ4n) is 5.45. The van der Waals surface area contributed by atoms with Crippen LogP contribution in [-0.4, -0.2) is 10.2 Å². The van der Waals surface area contributed by atoms with Crippen LogP contribution in [0.25, 0.3) is 0 Å². The Bertz CT molecular complexity index is 902. The van der Waals surface area contributed by atoms with Crippen LogP contribution in [0.3, 0.4) is 0 Å². The second-order valence-electron chi connectivity index (χ2n) is 9.57. The van der Waals surface area contributed by atoms with E-state index in [1.165, 1.54) is 5.56 Å². The molecule has 0 amide bonds. The number of aliphatic hydroxyl groups excluding tert-OH is 1. The Hall–Kier alpha value is -2.42. The van der Waals surface area contributed by atoms with Crippen molar-refractivity contribution >= 4 is 0 Å². The average molecular weight is 429 g/mol. The van der Waals surface area contributed by atoms with Crippen molar-refractivity contribution in [3.8, 4) is 0 Å². The Morgan fingerprint density at radius 1 is 0.781 bits per heavy atom. The number of rotatable bonds is 8. The second-order valence-corrected chi connectivity index (χ2v) is 9.57. The third-order valence-corrected chi connectivity index (χ3v) is 7.42. The first kappa shape index (κ1) is 22.8. The predicted molar refractivity (Wildman–Crippen MR) is 131 cm³/mol. The molecule has 0 heterocycles. The molecule has 0 aromatic heterocycles. The predicted octanol–water partition coefficient (Wildman–Crippen LogP) is 6.94. The van der Waals surface area contributed by atoms with Crippen LogP contribution in [0, 0.1) is 18.8 Å². The summed E-state index contributed by atoms with van der Waals surface area (Å²) in [6, 6.07) is 28.6. The summed E-state index contributed by atoms with van der Waals surface area (Å²) >= 11 is 0. The minimum absolute atomic E-state index is 0.224. The molecule has 3 aromatic rings. The van der Waals surface area contributed by atoms with Crippen LogP contribution >= 0.6 is 0 Å². The van der Waals surface area contributed by atoms with Gasteiger partial charge in [-0.25, -0.2) is 0 Å². The maximum atomic E-state index is 12.0. The summed E-state index contributed by atoms with van der Waals surface area (Å²) in [4.78, 5) is 0. The van der Waals surface area contributed by atoms with Crippen molar-refractivity contribution in [3.63, 3.8) is 0 Å². The third-order valence-electron chi connectivity index (χ3n) is 7.42. The van der Waals surface area contributed by atoms with Crippen molar-refractivity contribution in [1.82, 2.24) is 0 Å². The van der Waals surface area contributed by atoms with Crippen molar-refractivity contribution in [2.75, 3.05) is 0 Å². The highest BCUT2D eigenvalue weighted by Crippen LogP contribution is 2.46. The second kappa shape index (κ2) is 10.5. The Morgan fingerprint density at radius 2 is 1.31 bits per heavy atom. The Kier molecular flexibility index (Phi) is 7.44. The van der Waals surface area contributed by atoms with Crippen LogP contribution in [-0.2, 0) is 5.60 Å². The van der Waals surface area contributed by atoms with Crippen LogP contribution in [0.1, 0.15) is 73.3 Å². The first-order valence-corrected chi connectivity index (χ1v) is 12.2. The normalized spacial score (nSPS) is 20.1. The zero-order valence-electron chi connectivity index (χ0n) is 19.2. The first-order valence-electron chi connectivity index (χ1n) is 12.2. The molecule has 2 nitrogen and oxygen atoms in total. The molecule has 1 saturated carbocycles. The molecule has 0 spiro atoms.